The van der Waals surface area contributed by atoms with Crippen LogP contribution in [0, 0.1) is 0 Å². The third kappa shape index (κ3) is 3.45. The molecule has 1 unspecified atom stereocenters. The van der Waals surface area contributed by atoms with Gasteiger partial charge in [0.25, 0.3) is 0 Å². The Morgan fingerprint density at radius 3 is 2.82 bits per heavy atom. The molecular weight excluding hydrogens is 279 g/mol. The van der Waals surface area contributed by atoms with Crippen molar-refractivity contribution < 1.29 is 9.53 Å². The molecule has 2 rings (SSSR count). The van der Waals surface area contributed by atoms with E-state index in [0.717, 1.165) is 18.4 Å². The van der Waals surface area contributed by atoms with E-state index in [4.69, 9.17) is 4.74 Å². The molecule has 0 bridgehead atoms. The van der Waals surface area contributed by atoms with Crippen molar-refractivity contribution >= 4 is 25.4 Å². The second kappa shape index (κ2) is 5.52. The zero-order chi connectivity index (χ0) is 12.3. The van der Waals surface area contributed by atoms with Crippen molar-refractivity contribution in [2.24, 2.45) is 0 Å². The van der Waals surface area contributed by atoms with Gasteiger partial charge in [0.2, 0.25) is 0 Å². The SMILES string of the molecule is C=C(C)C[C@H]1CC([Se]c2ccccc2)C(=O)O1. The zero-order valence-corrected chi connectivity index (χ0v) is 11.6. The summed E-state index contributed by atoms with van der Waals surface area (Å²) in [6.45, 7) is 5.84. The number of esters is 1. The number of carbonyl (C=O) groups excluding carboxylic acids is 1. The predicted octanol–water partition coefficient (Wildman–Crippen LogP) is 2.09. The molecular formula is C14H16O2Se. The van der Waals surface area contributed by atoms with E-state index >= 15 is 0 Å². The van der Waals surface area contributed by atoms with Gasteiger partial charge in [0.15, 0.2) is 0 Å². The molecule has 1 fully saturated rings. The first-order chi connectivity index (χ1) is 8.15. The van der Waals surface area contributed by atoms with Crippen molar-refractivity contribution in [2.75, 3.05) is 0 Å². The van der Waals surface area contributed by atoms with Crippen LogP contribution in [-0.4, -0.2) is 27.0 Å². The van der Waals surface area contributed by atoms with Crippen LogP contribution in [0.2, 0.25) is 4.82 Å². The van der Waals surface area contributed by atoms with E-state index < -0.39 is 0 Å². The molecule has 0 radical (unpaired) electrons. The van der Waals surface area contributed by atoms with E-state index in [-0.39, 0.29) is 31.8 Å². The standard InChI is InChI=1S/C14H16O2Se/c1-10(2)8-11-9-13(14(15)16-11)17-12-6-4-3-5-7-12/h3-7,11,13H,1,8-9H2,2H3/t11-,13?/m0/s1. The average Bonchev–Trinajstić information content (AvgIpc) is 2.59. The normalized spacial score (nSPS) is 23.5. The van der Waals surface area contributed by atoms with Crippen LogP contribution in [0.5, 0.6) is 0 Å². The Morgan fingerprint density at radius 1 is 1.47 bits per heavy atom. The molecule has 1 aromatic carbocycles. The Hall–Kier alpha value is -1.05. The van der Waals surface area contributed by atoms with Gasteiger partial charge in [-0.3, -0.25) is 0 Å². The van der Waals surface area contributed by atoms with Gasteiger partial charge in [-0.1, -0.05) is 0 Å². The Morgan fingerprint density at radius 2 is 2.18 bits per heavy atom. The van der Waals surface area contributed by atoms with E-state index in [0.29, 0.717) is 0 Å². The molecule has 0 saturated carbocycles. The molecule has 17 heavy (non-hydrogen) atoms. The summed E-state index contributed by atoms with van der Waals surface area (Å²) in [5, 5.41) is 0. The van der Waals surface area contributed by atoms with E-state index in [1.807, 2.05) is 25.1 Å². The van der Waals surface area contributed by atoms with Crippen LogP contribution in [0.15, 0.2) is 42.5 Å². The molecule has 0 N–H and O–H groups in total. The first-order valence-electron chi connectivity index (χ1n) is 5.71. The summed E-state index contributed by atoms with van der Waals surface area (Å²) in [6.07, 6.45) is 1.70. The first kappa shape index (κ1) is 12.4. The molecule has 1 heterocycles. The Balaban J connectivity index is 1.95. The van der Waals surface area contributed by atoms with Gasteiger partial charge in [0.1, 0.15) is 0 Å². The van der Waals surface area contributed by atoms with Gasteiger partial charge in [0.05, 0.1) is 0 Å². The van der Waals surface area contributed by atoms with Crippen molar-refractivity contribution in [1.82, 2.24) is 0 Å². The van der Waals surface area contributed by atoms with Gasteiger partial charge >= 0.3 is 108 Å². The number of hydrogen-bond donors (Lipinski definition) is 0. The monoisotopic (exact) mass is 296 g/mol. The Kier molecular flexibility index (Phi) is 4.03. The quantitative estimate of drug-likeness (QED) is 0.483. The molecule has 1 aliphatic rings. The van der Waals surface area contributed by atoms with Gasteiger partial charge in [-0.05, 0) is 0 Å². The topological polar surface area (TPSA) is 26.3 Å². The molecule has 0 aliphatic carbocycles. The minimum atomic E-state index is -0.0277. The molecule has 1 aliphatic heterocycles. The summed E-state index contributed by atoms with van der Waals surface area (Å²) in [6, 6.07) is 10.2. The van der Waals surface area contributed by atoms with Crippen LogP contribution in [0.3, 0.4) is 0 Å². The fraction of sp³-hybridized carbons (Fsp3) is 0.357. The van der Waals surface area contributed by atoms with Gasteiger partial charge in [-0.15, -0.1) is 0 Å². The summed E-state index contributed by atoms with van der Waals surface area (Å²) < 4.78 is 6.63. The van der Waals surface area contributed by atoms with Gasteiger partial charge < -0.3 is 0 Å². The number of hydrogen-bond acceptors (Lipinski definition) is 2. The number of benzene rings is 1. The fourth-order valence-electron chi connectivity index (χ4n) is 1.90. The Bertz CT molecular complexity index is 413. The van der Waals surface area contributed by atoms with Crippen molar-refractivity contribution in [3.8, 4) is 0 Å². The number of cyclic esters (lactones) is 1. The van der Waals surface area contributed by atoms with Crippen LogP contribution < -0.4 is 4.46 Å². The first-order valence-corrected chi connectivity index (χ1v) is 7.56. The summed E-state index contributed by atoms with van der Waals surface area (Å²) in [5.74, 6) is -0.0277. The summed E-state index contributed by atoms with van der Waals surface area (Å²) in [5.41, 5.74) is 1.08. The fourth-order valence-corrected chi connectivity index (χ4v) is 4.22. The third-order valence-electron chi connectivity index (χ3n) is 2.62. The second-order valence-electron chi connectivity index (χ2n) is 4.38. The molecule has 0 aromatic heterocycles. The number of carbonyl (C=O) groups is 1. The average molecular weight is 295 g/mol. The molecule has 0 spiro atoms. The molecule has 1 aromatic rings. The number of rotatable bonds is 4. The van der Waals surface area contributed by atoms with Crippen molar-refractivity contribution in [1.29, 1.82) is 0 Å². The number of ether oxygens (including phenoxy) is 1. The van der Waals surface area contributed by atoms with E-state index in [9.17, 15) is 4.79 Å². The molecule has 0 amide bonds. The van der Waals surface area contributed by atoms with Crippen molar-refractivity contribution in [3.05, 3.63) is 42.5 Å². The maximum atomic E-state index is 11.7. The molecule has 90 valence electrons. The maximum absolute atomic E-state index is 11.7. The van der Waals surface area contributed by atoms with Gasteiger partial charge in [-0.2, -0.15) is 0 Å². The summed E-state index contributed by atoms with van der Waals surface area (Å²) in [7, 11) is 0. The summed E-state index contributed by atoms with van der Waals surface area (Å²) in [4.78, 5) is 11.8. The Labute approximate surface area is 108 Å². The molecule has 3 heteroatoms. The van der Waals surface area contributed by atoms with Crippen molar-refractivity contribution in [2.45, 2.75) is 30.7 Å². The van der Waals surface area contributed by atoms with Crippen LogP contribution in [-0.2, 0) is 9.53 Å². The van der Waals surface area contributed by atoms with Crippen molar-refractivity contribution in [3.63, 3.8) is 0 Å². The molecule has 2 nitrogen and oxygen atoms in total. The van der Waals surface area contributed by atoms with E-state index in [1.54, 1.807) is 0 Å². The van der Waals surface area contributed by atoms with Crippen LogP contribution in [0.25, 0.3) is 0 Å². The summed E-state index contributed by atoms with van der Waals surface area (Å²) >= 11 is 0.183. The van der Waals surface area contributed by atoms with E-state index in [2.05, 4.69) is 18.7 Å². The van der Waals surface area contributed by atoms with Gasteiger partial charge in [-0.25, -0.2) is 0 Å². The van der Waals surface area contributed by atoms with Crippen LogP contribution in [0.4, 0.5) is 0 Å². The molecule has 1 saturated heterocycles. The van der Waals surface area contributed by atoms with Crippen LogP contribution in [0.1, 0.15) is 19.8 Å². The minimum absolute atomic E-state index is 0.0277. The third-order valence-corrected chi connectivity index (χ3v) is 5.17. The van der Waals surface area contributed by atoms with Gasteiger partial charge in [0, 0.05) is 0 Å². The predicted molar refractivity (Wildman–Crippen MR) is 69.5 cm³/mol. The molecule has 2 atom stereocenters. The van der Waals surface area contributed by atoms with E-state index in [1.165, 1.54) is 4.46 Å². The van der Waals surface area contributed by atoms with Crippen LogP contribution >= 0.6 is 0 Å². The second-order valence-corrected chi connectivity index (χ2v) is 7.05. The zero-order valence-electron chi connectivity index (χ0n) is 9.89.